The summed E-state index contributed by atoms with van der Waals surface area (Å²) in [4.78, 5) is 4.40. The molecule has 0 aliphatic rings. The Balaban J connectivity index is 2.48. The number of ether oxygens (including phenoxy) is 2. The number of halogens is 1. The lowest BCUT2D eigenvalue weighted by atomic mass is 10.0. The van der Waals surface area contributed by atoms with Crippen molar-refractivity contribution in [2.75, 3.05) is 38.0 Å². The molecule has 0 fully saturated rings. The number of aliphatic imine (C=N–C) groups is 1. The van der Waals surface area contributed by atoms with Crippen molar-refractivity contribution in [3.8, 4) is 5.75 Å². The molecule has 0 bridgehead atoms. The van der Waals surface area contributed by atoms with E-state index in [1.807, 2.05) is 45.2 Å². The zero-order chi connectivity index (χ0) is 21.2. The molecule has 2 aromatic rings. The first-order valence-electron chi connectivity index (χ1n) is 9.72. The SMILES string of the molecule is CC=Nc1cc(OCCOC)cc(F)c1C(Nc1ccc(NC)cc1)=C(C)CC. The summed E-state index contributed by atoms with van der Waals surface area (Å²) < 4.78 is 25.8. The molecule has 2 rings (SSSR count). The molecule has 0 aliphatic heterocycles. The number of methoxy groups -OCH3 is 1. The standard InChI is InChI=1S/C23H30FN3O2/c1-6-16(3)23(27-18-10-8-17(25-4)9-11-18)22-20(24)14-19(29-13-12-28-5)15-21(22)26-7-2/h7-11,14-15,25,27H,6,12-13H2,1-5H3. The van der Waals surface area contributed by atoms with Gasteiger partial charge < -0.3 is 20.1 Å². The largest absolute Gasteiger partial charge is 0.491 e. The van der Waals surface area contributed by atoms with Crippen molar-refractivity contribution < 1.29 is 13.9 Å². The number of rotatable bonds is 10. The average molecular weight is 400 g/mol. The Morgan fingerprint density at radius 3 is 2.41 bits per heavy atom. The Kier molecular flexibility index (Phi) is 8.68. The lowest BCUT2D eigenvalue weighted by Crippen LogP contribution is -2.07. The van der Waals surface area contributed by atoms with E-state index >= 15 is 4.39 Å². The molecule has 6 heteroatoms. The molecule has 0 saturated carbocycles. The van der Waals surface area contributed by atoms with Crippen LogP contribution in [0.3, 0.4) is 0 Å². The molecule has 0 amide bonds. The summed E-state index contributed by atoms with van der Waals surface area (Å²) in [6.07, 6.45) is 2.43. The second-order valence-corrected chi connectivity index (χ2v) is 6.49. The third-order valence-electron chi connectivity index (χ3n) is 4.52. The van der Waals surface area contributed by atoms with Crippen molar-refractivity contribution in [1.29, 1.82) is 0 Å². The molecule has 0 radical (unpaired) electrons. The Bertz CT molecular complexity index is 861. The fraction of sp³-hybridized carbons (Fsp3) is 0.348. The van der Waals surface area contributed by atoms with Crippen molar-refractivity contribution in [2.45, 2.75) is 27.2 Å². The number of hydrogen-bond acceptors (Lipinski definition) is 5. The molecule has 0 heterocycles. The van der Waals surface area contributed by atoms with Gasteiger partial charge in [0.1, 0.15) is 18.2 Å². The summed E-state index contributed by atoms with van der Waals surface area (Å²) in [6, 6.07) is 11.0. The van der Waals surface area contributed by atoms with E-state index in [0.29, 0.717) is 35.9 Å². The lowest BCUT2D eigenvalue weighted by Gasteiger charge is -2.19. The molecule has 5 nitrogen and oxygen atoms in total. The van der Waals surface area contributed by atoms with Crippen LogP contribution in [0.2, 0.25) is 0 Å². The maximum absolute atomic E-state index is 15.2. The van der Waals surface area contributed by atoms with Gasteiger partial charge in [0, 0.05) is 49.6 Å². The van der Waals surface area contributed by atoms with Crippen LogP contribution in [0, 0.1) is 5.82 Å². The van der Waals surface area contributed by atoms with E-state index in [2.05, 4.69) is 15.6 Å². The molecule has 29 heavy (non-hydrogen) atoms. The monoisotopic (exact) mass is 399 g/mol. The number of anilines is 2. The maximum atomic E-state index is 15.2. The Labute approximate surface area is 172 Å². The van der Waals surface area contributed by atoms with Crippen LogP contribution in [0.1, 0.15) is 32.8 Å². The molecular weight excluding hydrogens is 369 g/mol. The highest BCUT2D eigenvalue weighted by molar-refractivity contribution is 5.86. The van der Waals surface area contributed by atoms with Crippen LogP contribution in [0.4, 0.5) is 21.5 Å². The molecule has 0 unspecified atom stereocenters. The molecule has 2 N–H and O–H groups in total. The van der Waals surface area contributed by atoms with E-state index in [0.717, 1.165) is 23.4 Å². The average Bonchev–Trinajstić information content (AvgIpc) is 2.73. The minimum atomic E-state index is -0.386. The molecular formula is C23H30FN3O2. The van der Waals surface area contributed by atoms with Crippen LogP contribution in [-0.4, -0.2) is 33.6 Å². The molecule has 0 aromatic heterocycles. The van der Waals surface area contributed by atoms with Crippen molar-refractivity contribution in [3.05, 3.63) is 53.4 Å². The van der Waals surface area contributed by atoms with Crippen molar-refractivity contribution >= 4 is 29.0 Å². The van der Waals surface area contributed by atoms with Gasteiger partial charge in [0.05, 0.1) is 17.9 Å². The molecule has 2 aromatic carbocycles. The number of benzene rings is 2. The first-order chi connectivity index (χ1) is 14.0. The van der Waals surface area contributed by atoms with Crippen LogP contribution in [0.5, 0.6) is 5.75 Å². The molecule has 0 saturated heterocycles. The highest BCUT2D eigenvalue weighted by Crippen LogP contribution is 2.36. The smallest absolute Gasteiger partial charge is 0.138 e. The normalized spacial score (nSPS) is 12.1. The Morgan fingerprint density at radius 1 is 1.14 bits per heavy atom. The first kappa shape index (κ1) is 22.4. The van der Waals surface area contributed by atoms with Crippen molar-refractivity contribution in [2.24, 2.45) is 4.99 Å². The van der Waals surface area contributed by atoms with E-state index < -0.39 is 0 Å². The Hall–Kier alpha value is -2.86. The van der Waals surface area contributed by atoms with Gasteiger partial charge in [-0.2, -0.15) is 0 Å². The molecule has 0 aliphatic carbocycles. The van der Waals surface area contributed by atoms with E-state index in [1.165, 1.54) is 6.07 Å². The fourth-order valence-electron chi connectivity index (χ4n) is 2.81. The van der Waals surface area contributed by atoms with Crippen LogP contribution in [0.15, 0.2) is 47.0 Å². The highest BCUT2D eigenvalue weighted by atomic mass is 19.1. The van der Waals surface area contributed by atoms with Gasteiger partial charge in [-0.05, 0) is 50.1 Å². The minimum Gasteiger partial charge on any atom is -0.491 e. The lowest BCUT2D eigenvalue weighted by molar-refractivity contribution is 0.146. The highest BCUT2D eigenvalue weighted by Gasteiger charge is 2.18. The van der Waals surface area contributed by atoms with Crippen LogP contribution >= 0.6 is 0 Å². The third kappa shape index (κ3) is 6.06. The van der Waals surface area contributed by atoms with E-state index in [9.17, 15) is 0 Å². The van der Waals surface area contributed by atoms with Crippen molar-refractivity contribution in [1.82, 2.24) is 0 Å². The van der Waals surface area contributed by atoms with Gasteiger partial charge in [-0.25, -0.2) is 4.39 Å². The van der Waals surface area contributed by atoms with Gasteiger partial charge in [0.15, 0.2) is 0 Å². The second-order valence-electron chi connectivity index (χ2n) is 6.49. The van der Waals surface area contributed by atoms with Crippen LogP contribution in [0.25, 0.3) is 5.70 Å². The van der Waals surface area contributed by atoms with Gasteiger partial charge in [0.2, 0.25) is 0 Å². The summed E-state index contributed by atoms with van der Waals surface area (Å²) in [6.45, 7) is 6.62. The summed E-state index contributed by atoms with van der Waals surface area (Å²) in [5.74, 6) is 0.0402. The predicted molar refractivity (Wildman–Crippen MR) is 120 cm³/mol. The summed E-state index contributed by atoms with van der Waals surface area (Å²) in [5, 5.41) is 6.48. The molecule has 0 spiro atoms. The molecule has 156 valence electrons. The number of nitrogens with zero attached hydrogens (tertiary/aromatic N) is 1. The van der Waals surface area contributed by atoms with Gasteiger partial charge in [-0.1, -0.05) is 6.92 Å². The van der Waals surface area contributed by atoms with Crippen LogP contribution < -0.4 is 15.4 Å². The number of nitrogens with one attached hydrogen (secondary N) is 2. The predicted octanol–water partition coefficient (Wildman–Crippen LogP) is 5.87. The minimum absolute atomic E-state index is 0.345. The van der Waals surface area contributed by atoms with E-state index in [4.69, 9.17) is 9.47 Å². The quantitative estimate of drug-likeness (QED) is 0.388. The van der Waals surface area contributed by atoms with Gasteiger partial charge >= 0.3 is 0 Å². The fourth-order valence-corrected chi connectivity index (χ4v) is 2.81. The summed E-state index contributed by atoms with van der Waals surface area (Å²) in [7, 11) is 3.47. The van der Waals surface area contributed by atoms with Crippen molar-refractivity contribution in [3.63, 3.8) is 0 Å². The first-order valence-corrected chi connectivity index (χ1v) is 9.72. The summed E-state index contributed by atoms with van der Waals surface area (Å²) in [5.41, 5.74) is 4.57. The maximum Gasteiger partial charge on any atom is 0.138 e. The Morgan fingerprint density at radius 2 is 1.83 bits per heavy atom. The summed E-state index contributed by atoms with van der Waals surface area (Å²) >= 11 is 0. The third-order valence-corrected chi connectivity index (χ3v) is 4.52. The topological polar surface area (TPSA) is 54.9 Å². The van der Waals surface area contributed by atoms with E-state index in [1.54, 1.807) is 26.3 Å². The van der Waals surface area contributed by atoms with E-state index in [-0.39, 0.29) is 5.82 Å². The molecule has 0 atom stereocenters. The second kappa shape index (κ2) is 11.2. The zero-order valence-electron chi connectivity index (χ0n) is 17.8. The number of allylic oxidation sites excluding steroid dienone is 1. The number of hydrogen-bond donors (Lipinski definition) is 2. The van der Waals surface area contributed by atoms with Gasteiger partial charge in [-0.15, -0.1) is 0 Å². The van der Waals surface area contributed by atoms with Gasteiger partial charge in [0.25, 0.3) is 0 Å². The van der Waals surface area contributed by atoms with Gasteiger partial charge in [-0.3, -0.25) is 4.99 Å². The van der Waals surface area contributed by atoms with Crippen LogP contribution in [-0.2, 0) is 4.74 Å². The zero-order valence-corrected chi connectivity index (χ0v) is 17.8.